The van der Waals surface area contributed by atoms with Crippen molar-refractivity contribution < 1.29 is 14.1 Å². The number of nitrogens with zero attached hydrogens (tertiary/aromatic N) is 4. The second-order valence-electron chi connectivity index (χ2n) is 4.55. The van der Waals surface area contributed by atoms with Crippen LogP contribution < -0.4 is 4.74 Å². The number of pyridine rings is 1. The van der Waals surface area contributed by atoms with Gasteiger partial charge in [-0.3, -0.25) is 4.79 Å². The van der Waals surface area contributed by atoms with E-state index < -0.39 is 0 Å². The molecule has 1 atom stereocenters. The predicted molar refractivity (Wildman–Crippen MR) is 76.7 cm³/mol. The van der Waals surface area contributed by atoms with Crippen molar-refractivity contribution in [3.05, 3.63) is 24.2 Å². The molecule has 1 aliphatic rings. The molecule has 0 N–H and O–H groups in total. The molecule has 1 saturated heterocycles. The Balaban J connectivity index is 1.87. The van der Waals surface area contributed by atoms with Crippen LogP contribution in [0.1, 0.15) is 18.9 Å². The van der Waals surface area contributed by atoms with E-state index in [4.69, 9.17) is 9.26 Å². The van der Waals surface area contributed by atoms with E-state index in [1.807, 2.05) is 0 Å². The molecule has 0 unspecified atom stereocenters. The molecule has 1 aliphatic heterocycles. The summed E-state index contributed by atoms with van der Waals surface area (Å²) < 4.78 is 10.4. The molecule has 0 radical (unpaired) electrons. The molecule has 21 heavy (non-hydrogen) atoms. The summed E-state index contributed by atoms with van der Waals surface area (Å²) in [4.78, 5) is 21.8. The molecule has 3 heterocycles. The lowest BCUT2D eigenvalue weighted by atomic mass is 10.2. The van der Waals surface area contributed by atoms with Crippen molar-refractivity contribution in [2.24, 2.45) is 0 Å². The molecule has 0 spiro atoms. The van der Waals surface area contributed by atoms with E-state index in [0.29, 0.717) is 23.5 Å². The lowest BCUT2D eigenvalue weighted by molar-refractivity contribution is -0.129. The molecular formula is C13H14N4O3S. The van der Waals surface area contributed by atoms with E-state index in [1.165, 1.54) is 0 Å². The summed E-state index contributed by atoms with van der Waals surface area (Å²) >= 11 is 1.67. The normalized spacial score (nSPS) is 18.0. The number of thioether (sulfide) groups is 1. The molecule has 2 aromatic rings. The zero-order valence-corrected chi connectivity index (χ0v) is 12.5. The zero-order chi connectivity index (χ0) is 14.8. The van der Waals surface area contributed by atoms with Crippen LogP contribution >= 0.6 is 11.8 Å². The van der Waals surface area contributed by atoms with Crippen LogP contribution in [-0.4, -0.2) is 44.7 Å². The Hall–Kier alpha value is -2.09. The Morgan fingerprint density at radius 2 is 2.43 bits per heavy atom. The van der Waals surface area contributed by atoms with Crippen molar-refractivity contribution in [2.45, 2.75) is 13.0 Å². The van der Waals surface area contributed by atoms with Gasteiger partial charge in [-0.2, -0.15) is 4.98 Å². The molecule has 0 aromatic carbocycles. The van der Waals surface area contributed by atoms with Crippen LogP contribution in [0.2, 0.25) is 0 Å². The number of methoxy groups -OCH3 is 1. The molecule has 8 heteroatoms. The smallest absolute Gasteiger partial charge is 0.250 e. The Bertz CT molecular complexity index is 660. The van der Waals surface area contributed by atoms with Gasteiger partial charge >= 0.3 is 0 Å². The maximum Gasteiger partial charge on any atom is 0.250 e. The molecule has 0 bridgehead atoms. The highest BCUT2D eigenvalue weighted by Gasteiger charge is 2.33. The maximum absolute atomic E-state index is 11.6. The number of carbonyl (C=O) groups excluding carboxylic acids is 1. The summed E-state index contributed by atoms with van der Waals surface area (Å²) in [5.41, 5.74) is 0.761. The quantitative estimate of drug-likeness (QED) is 0.854. The minimum atomic E-state index is -0.155. The summed E-state index contributed by atoms with van der Waals surface area (Å²) in [5, 5.41) is 3.98. The van der Waals surface area contributed by atoms with Gasteiger partial charge in [0.05, 0.1) is 13.0 Å². The van der Waals surface area contributed by atoms with Gasteiger partial charge in [0.2, 0.25) is 17.6 Å². The Morgan fingerprint density at radius 1 is 1.57 bits per heavy atom. The van der Waals surface area contributed by atoms with Crippen LogP contribution in [-0.2, 0) is 4.79 Å². The van der Waals surface area contributed by atoms with Gasteiger partial charge in [0.15, 0.2) is 0 Å². The Kier molecular flexibility index (Phi) is 3.78. The first-order valence-electron chi connectivity index (χ1n) is 6.38. The topological polar surface area (TPSA) is 81.4 Å². The average Bonchev–Trinajstić information content (AvgIpc) is 3.15. The summed E-state index contributed by atoms with van der Waals surface area (Å²) in [6.45, 7) is 1.55. The number of hydrogen-bond donors (Lipinski definition) is 0. The maximum atomic E-state index is 11.6. The fourth-order valence-corrected chi connectivity index (χ4v) is 3.32. The summed E-state index contributed by atoms with van der Waals surface area (Å²) in [7, 11) is 1.55. The van der Waals surface area contributed by atoms with E-state index in [-0.39, 0.29) is 11.9 Å². The van der Waals surface area contributed by atoms with E-state index in [2.05, 4.69) is 15.1 Å². The van der Waals surface area contributed by atoms with Crippen LogP contribution in [0.4, 0.5) is 0 Å². The van der Waals surface area contributed by atoms with E-state index in [9.17, 15) is 4.79 Å². The van der Waals surface area contributed by atoms with Crippen LogP contribution in [0, 0.1) is 0 Å². The van der Waals surface area contributed by atoms with Gasteiger partial charge in [0.1, 0.15) is 6.04 Å². The molecule has 0 saturated carbocycles. The first kappa shape index (κ1) is 13.9. The van der Waals surface area contributed by atoms with Crippen molar-refractivity contribution in [3.63, 3.8) is 0 Å². The molecule has 1 amide bonds. The lowest BCUT2D eigenvalue weighted by Gasteiger charge is -2.18. The van der Waals surface area contributed by atoms with Gasteiger partial charge in [-0.15, -0.1) is 11.8 Å². The number of amides is 1. The second kappa shape index (κ2) is 5.72. The van der Waals surface area contributed by atoms with Gasteiger partial charge in [0.25, 0.3) is 5.89 Å². The molecule has 2 aromatic heterocycles. The van der Waals surface area contributed by atoms with E-state index in [0.717, 1.165) is 11.3 Å². The molecule has 7 nitrogen and oxygen atoms in total. The molecule has 110 valence electrons. The predicted octanol–water partition coefficient (Wildman–Crippen LogP) is 1.73. The number of hydrogen-bond acceptors (Lipinski definition) is 7. The Labute approximate surface area is 125 Å². The van der Waals surface area contributed by atoms with Crippen molar-refractivity contribution in [3.8, 4) is 17.3 Å². The third-order valence-electron chi connectivity index (χ3n) is 3.22. The molecule has 0 aliphatic carbocycles. The zero-order valence-electron chi connectivity index (χ0n) is 11.6. The monoisotopic (exact) mass is 306 g/mol. The van der Waals surface area contributed by atoms with E-state index in [1.54, 1.807) is 49.0 Å². The van der Waals surface area contributed by atoms with Crippen molar-refractivity contribution in [1.29, 1.82) is 0 Å². The first-order valence-corrected chi connectivity index (χ1v) is 7.53. The second-order valence-corrected chi connectivity index (χ2v) is 5.55. The third kappa shape index (κ3) is 2.71. The van der Waals surface area contributed by atoms with Gasteiger partial charge in [-0.1, -0.05) is 5.16 Å². The molecule has 3 rings (SSSR count). The molecule has 1 fully saturated rings. The highest BCUT2D eigenvalue weighted by Crippen LogP contribution is 2.33. The standard InChI is InChI=1S/C13H14N4O3S/c1-8(18)17-7-21-6-10(17)13-15-12(16-20-13)9-3-4-14-11(5-9)19-2/h3-5,10H,6-7H2,1-2H3/t10-/m1/s1. The first-order chi connectivity index (χ1) is 10.2. The fourth-order valence-electron chi connectivity index (χ4n) is 2.11. The number of rotatable bonds is 3. The van der Waals surface area contributed by atoms with E-state index >= 15 is 0 Å². The number of ether oxygens (including phenoxy) is 1. The highest BCUT2D eigenvalue weighted by atomic mass is 32.2. The van der Waals surface area contributed by atoms with Crippen LogP contribution in [0.25, 0.3) is 11.4 Å². The highest BCUT2D eigenvalue weighted by molar-refractivity contribution is 7.99. The molecular weight excluding hydrogens is 292 g/mol. The minimum Gasteiger partial charge on any atom is -0.481 e. The summed E-state index contributed by atoms with van der Waals surface area (Å²) in [6.07, 6.45) is 1.62. The van der Waals surface area contributed by atoms with Gasteiger partial charge in [-0.25, -0.2) is 4.98 Å². The van der Waals surface area contributed by atoms with Crippen LogP contribution in [0.3, 0.4) is 0 Å². The third-order valence-corrected chi connectivity index (χ3v) is 4.23. The summed E-state index contributed by atoms with van der Waals surface area (Å²) in [6, 6.07) is 3.36. The average molecular weight is 306 g/mol. The fraction of sp³-hybridized carbons (Fsp3) is 0.385. The lowest BCUT2D eigenvalue weighted by Crippen LogP contribution is -2.28. The minimum absolute atomic E-state index is 0.00957. The van der Waals surface area contributed by atoms with Crippen molar-refractivity contribution in [1.82, 2.24) is 20.0 Å². The van der Waals surface area contributed by atoms with Gasteiger partial charge < -0.3 is 14.2 Å². The largest absolute Gasteiger partial charge is 0.481 e. The van der Waals surface area contributed by atoms with Crippen LogP contribution in [0.15, 0.2) is 22.9 Å². The number of carbonyl (C=O) groups is 1. The van der Waals surface area contributed by atoms with Gasteiger partial charge in [-0.05, 0) is 6.07 Å². The summed E-state index contributed by atoms with van der Waals surface area (Å²) in [5.74, 6) is 2.84. The van der Waals surface area contributed by atoms with Crippen molar-refractivity contribution in [2.75, 3.05) is 18.7 Å². The van der Waals surface area contributed by atoms with Crippen LogP contribution in [0.5, 0.6) is 5.88 Å². The van der Waals surface area contributed by atoms with Gasteiger partial charge in [0, 0.05) is 30.5 Å². The number of aromatic nitrogens is 3. The van der Waals surface area contributed by atoms with Crippen molar-refractivity contribution >= 4 is 17.7 Å². The SMILES string of the molecule is COc1cc(-c2noc([C@H]3CSCN3C(C)=O)n2)ccn1. The Morgan fingerprint density at radius 3 is 3.19 bits per heavy atom.